The van der Waals surface area contributed by atoms with E-state index in [9.17, 15) is 4.79 Å². The van der Waals surface area contributed by atoms with Crippen molar-refractivity contribution in [3.63, 3.8) is 0 Å². The third-order valence-electron chi connectivity index (χ3n) is 2.58. The molecule has 1 amide bonds. The second kappa shape index (κ2) is 6.77. The summed E-state index contributed by atoms with van der Waals surface area (Å²) in [6.45, 7) is 4.80. The van der Waals surface area contributed by atoms with Crippen LogP contribution in [0.3, 0.4) is 0 Å². The van der Waals surface area contributed by atoms with Crippen LogP contribution in [0.2, 0.25) is 0 Å². The largest absolute Gasteiger partial charge is 0.354 e. The smallest absolute Gasteiger partial charge is 0.220 e. The zero-order valence-electron chi connectivity index (χ0n) is 11.1. The standard InChI is InChI=1S/C13H22N2OS/c1-10(2)8-13(16)14-9-11(15(3)4)12-6-5-7-17-12/h5-7,10-11H,8-9H2,1-4H3,(H,14,16). The van der Waals surface area contributed by atoms with E-state index >= 15 is 0 Å². The molecule has 0 spiro atoms. The van der Waals surface area contributed by atoms with Crippen molar-refractivity contribution >= 4 is 17.2 Å². The molecule has 0 aliphatic heterocycles. The third kappa shape index (κ3) is 4.88. The molecule has 1 unspecified atom stereocenters. The Bertz CT molecular complexity index is 333. The lowest BCUT2D eigenvalue weighted by molar-refractivity contribution is -0.122. The quantitative estimate of drug-likeness (QED) is 0.846. The predicted molar refractivity (Wildman–Crippen MR) is 73.2 cm³/mol. The fourth-order valence-corrected chi connectivity index (χ4v) is 2.59. The molecule has 0 radical (unpaired) electrons. The van der Waals surface area contributed by atoms with Crippen LogP contribution in [0.5, 0.6) is 0 Å². The van der Waals surface area contributed by atoms with E-state index in [0.29, 0.717) is 18.9 Å². The minimum absolute atomic E-state index is 0.142. The molecule has 0 aliphatic carbocycles. The van der Waals surface area contributed by atoms with Crippen LogP contribution in [0.4, 0.5) is 0 Å². The molecular formula is C13H22N2OS. The Morgan fingerprint density at radius 2 is 2.18 bits per heavy atom. The van der Waals surface area contributed by atoms with E-state index in [1.54, 1.807) is 11.3 Å². The molecule has 1 N–H and O–H groups in total. The van der Waals surface area contributed by atoms with Crippen molar-refractivity contribution in [1.29, 1.82) is 0 Å². The molecule has 0 saturated heterocycles. The van der Waals surface area contributed by atoms with Crippen LogP contribution in [-0.4, -0.2) is 31.4 Å². The molecule has 0 aliphatic rings. The number of carbonyl (C=O) groups is 1. The Hall–Kier alpha value is -0.870. The number of nitrogens with zero attached hydrogens (tertiary/aromatic N) is 1. The van der Waals surface area contributed by atoms with E-state index in [2.05, 4.69) is 35.5 Å². The summed E-state index contributed by atoms with van der Waals surface area (Å²) < 4.78 is 0. The predicted octanol–water partition coefficient (Wildman–Crippen LogP) is 2.51. The SMILES string of the molecule is CC(C)CC(=O)NCC(c1cccs1)N(C)C. The van der Waals surface area contributed by atoms with Crippen molar-refractivity contribution < 1.29 is 4.79 Å². The van der Waals surface area contributed by atoms with Crippen LogP contribution in [0.1, 0.15) is 31.2 Å². The molecule has 0 saturated carbocycles. The van der Waals surface area contributed by atoms with Crippen LogP contribution in [0.25, 0.3) is 0 Å². The van der Waals surface area contributed by atoms with Crippen LogP contribution in [0, 0.1) is 5.92 Å². The third-order valence-corrected chi connectivity index (χ3v) is 3.55. The van der Waals surface area contributed by atoms with E-state index in [0.717, 1.165) is 0 Å². The van der Waals surface area contributed by atoms with Gasteiger partial charge in [-0.1, -0.05) is 19.9 Å². The molecule has 1 heterocycles. The Morgan fingerprint density at radius 1 is 1.47 bits per heavy atom. The molecule has 17 heavy (non-hydrogen) atoms. The van der Waals surface area contributed by atoms with E-state index in [4.69, 9.17) is 0 Å². The van der Waals surface area contributed by atoms with Gasteiger partial charge in [0, 0.05) is 17.8 Å². The first-order valence-electron chi connectivity index (χ1n) is 5.97. The fourth-order valence-electron chi connectivity index (χ4n) is 1.67. The summed E-state index contributed by atoms with van der Waals surface area (Å²) in [5.74, 6) is 0.554. The lowest BCUT2D eigenvalue weighted by Gasteiger charge is -2.23. The van der Waals surface area contributed by atoms with Gasteiger partial charge in [-0.25, -0.2) is 0 Å². The number of hydrogen-bond acceptors (Lipinski definition) is 3. The minimum atomic E-state index is 0.142. The molecule has 0 fully saturated rings. The molecule has 1 rings (SSSR count). The van der Waals surface area contributed by atoms with Gasteiger partial charge < -0.3 is 10.2 Å². The summed E-state index contributed by atoms with van der Waals surface area (Å²) in [5, 5.41) is 5.08. The number of thiophene rings is 1. The van der Waals surface area contributed by atoms with Crippen molar-refractivity contribution in [2.45, 2.75) is 26.3 Å². The number of nitrogens with one attached hydrogen (secondary N) is 1. The Balaban J connectivity index is 2.49. The lowest BCUT2D eigenvalue weighted by Crippen LogP contribution is -2.34. The Labute approximate surface area is 108 Å². The van der Waals surface area contributed by atoms with Gasteiger partial charge in [0.2, 0.25) is 5.91 Å². The van der Waals surface area contributed by atoms with Crippen molar-refractivity contribution in [3.05, 3.63) is 22.4 Å². The van der Waals surface area contributed by atoms with Crippen LogP contribution in [-0.2, 0) is 4.79 Å². The zero-order chi connectivity index (χ0) is 12.8. The van der Waals surface area contributed by atoms with Crippen LogP contribution < -0.4 is 5.32 Å². The molecule has 3 nitrogen and oxygen atoms in total. The number of likely N-dealkylation sites (N-methyl/N-ethyl adjacent to an activating group) is 1. The highest BCUT2D eigenvalue weighted by molar-refractivity contribution is 7.10. The second-order valence-corrected chi connectivity index (χ2v) is 5.88. The summed E-state index contributed by atoms with van der Waals surface area (Å²) in [6.07, 6.45) is 0.602. The zero-order valence-corrected chi connectivity index (χ0v) is 11.9. The summed E-state index contributed by atoms with van der Waals surface area (Å²) in [5.41, 5.74) is 0. The Morgan fingerprint density at radius 3 is 2.65 bits per heavy atom. The number of amides is 1. The fraction of sp³-hybridized carbons (Fsp3) is 0.615. The van der Waals surface area contributed by atoms with Gasteiger partial charge in [-0.3, -0.25) is 4.79 Å². The molecule has 1 aromatic rings. The van der Waals surface area contributed by atoms with Gasteiger partial charge >= 0.3 is 0 Å². The first-order chi connectivity index (χ1) is 8.00. The average molecular weight is 254 g/mol. The molecule has 0 aromatic carbocycles. The van der Waals surface area contributed by atoms with Gasteiger partial charge in [0.15, 0.2) is 0 Å². The monoisotopic (exact) mass is 254 g/mol. The summed E-state index contributed by atoms with van der Waals surface area (Å²) in [7, 11) is 4.08. The highest BCUT2D eigenvalue weighted by atomic mass is 32.1. The molecule has 1 atom stereocenters. The first-order valence-corrected chi connectivity index (χ1v) is 6.85. The van der Waals surface area contributed by atoms with Crippen molar-refractivity contribution in [2.75, 3.05) is 20.6 Å². The van der Waals surface area contributed by atoms with E-state index < -0.39 is 0 Å². The van der Waals surface area contributed by atoms with Gasteiger partial charge in [0.1, 0.15) is 0 Å². The molecule has 1 aromatic heterocycles. The van der Waals surface area contributed by atoms with Gasteiger partial charge in [-0.15, -0.1) is 11.3 Å². The molecule has 4 heteroatoms. The van der Waals surface area contributed by atoms with Crippen molar-refractivity contribution in [1.82, 2.24) is 10.2 Å². The Kier molecular flexibility index (Phi) is 5.65. The summed E-state index contributed by atoms with van der Waals surface area (Å²) in [6, 6.07) is 4.43. The summed E-state index contributed by atoms with van der Waals surface area (Å²) in [4.78, 5) is 15.1. The normalized spacial score (nSPS) is 13.1. The number of hydrogen-bond donors (Lipinski definition) is 1. The van der Waals surface area contributed by atoms with E-state index in [1.165, 1.54) is 4.88 Å². The second-order valence-electron chi connectivity index (χ2n) is 4.90. The number of rotatable bonds is 6. The molecular weight excluding hydrogens is 232 g/mol. The van der Waals surface area contributed by atoms with E-state index in [-0.39, 0.29) is 11.9 Å². The van der Waals surface area contributed by atoms with Crippen molar-refractivity contribution in [3.8, 4) is 0 Å². The highest BCUT2D eigenvalue weighted by Crippen LogP contribution is 2.22. The number of carbonyl (C=O) groups excluding carboxylic acids is 1. The summed E-state index contributed by atoms with van der Waals surface area (Å²) >= 11 is 1.73. The van der Waals surface area contributed by atoms with Crippen LogP contribution in [0.15, 0.2) is 17.5 Å². The molecule has 0 bridgehead atoms. The van der Waals surface area contributed by atoms with Gasteiger partial charge in [0.05, 0.1) is 6.04 Å². The maximum Gasteiger partial charge on any atom is 0.220 e. The maximum absolute atomic E-state index is 11.6. The first kappa shape index (κ1) is 14.2. The molecule has 96 valence electrons. The van der Waals surface area contributed by atoms with Gasteiger partial charge in [-0.05, 0) is 31.5 Å². The van der Waals surface area contributed by atoms with E-state index in [1.807, 2.05) is 20.2 Å². The van der Waals surface area contributed by atoms with Gasteiger partial charge in [0.25, 0.3) is 0 Å². The maximum atomic E-state index is 11.6. The van der Waals surface area contributed by atoms with Crippen LogP contribution >= 0.6 is 11.3 Å². The lowest BCUT2D eigenvalue weighted by atomic mass is 10.1. The topological polar surface area (TPSA) is 32.3 Å². The highest BCUT2D eigenvalue weighted by Gasteiger charge is 2.16. The average Bonchev–Trinajstić information content (AvgIpc) is 2.69. The minimum Gasteiger partial charge on any atom is -0.354 e. The van der Waals surface area contributed by atoms with Crippen molar-refractivity contribution in [2.24, 2.45) is 5.92 Å². The van der Waals surface area contributed by atoms with Gasteiger partial charge in [-0.2, -0.15) is 0 Å².